The number of phenols is 1. The molecule has 0 aromatic heterocycles. The molecular weight excluding hydrogens is 259 g/mol. The van der Waals surface area contributed by atoms with E-state index in [9.17, 15) is 9.50 Å². The molecule has 3 heteroatoms. The van der Waals surface area contributed by atoms with E-state index in [-0.39, 0.29) is 5.75 Å². The number of phenolic OH excluding ortho intramolecular Hbond substituents is 1. The molecule has 0 aliphatic heterocycles. The summed E-state index contributed by atoms with van der Waals surface area (Å²) in [7, 11) is 0. The van der Waals surface area contributed by atoms with Gasteiger partial charge in [0.05, 0.1) is 4.47 Å². The van der Waals surface area contributed by atoms with Crippen molar-refractivity contribution >= 4 is 15.9 Å². The van der Waals surface area contributed by atoms with E-state index in [0.717, 1.165) is 6.42 Å². The van der Waals surface area contributed by atoms with Crippen LogP contribution in [0.25, 0.3) is 0 Å². The number of rotatable bonds is 2. The first kappa shape index (κ1) is 10.9. The zero-order chi connectivity index (χ0) is 10.8. The quantitative estimate of drug-likeness (QED) is 0.862. The SMILES string of the molecule is Oc1c(Br)ccc(CC2CCCC2)c1F. The highest BCUT2D eigenvalue weighted by Crippen LogP contribution is 2.33. The minimum Gasteiger partial charge on any atom is -0.504 e. The second-order valence-electron chi connectivity index (χ2n) is 4.22. The summed E-state index contributed by atoms with van der Waals surface area (Å²) in [5.74, 6) is -0.123. The maximum Gasteiger partial charge on any atom is 0.169 e. The summed E-state index contributed by atoms with van der Waals surface area (Å²) >= 11 is 3.10. The largest absolute Gasteiger partial charge is 0.504 e. The third-order valence-corrected chi connectivity index (χ3v) is 3.77. The number of benzene rings is 1. The molecule has 0 atom stereocenters. The van der Waals surface area contributed by atoms with E-state index in [2.05, 4.69) is 15.9 Å². The van der Waals surface area contributed by atoms with Crippen LogP contribution in [0.4, 0.5) is 4.39 Å². The van der Waals surface area contributed by atoms with Gasteiger partial charge in [0.15, 0.2) is 11.6 Å². The molecule has 0 spiro atoms. The Morgan fingerprint density at radius 1 is 1.33 bits per heavy atom. The van der Waals surface area contributed by atoms with E-state index in [1.165, 1.54) is 25.7 Å². The van der Waals surface area contributed by atoms with Crippen LogP contribution in [0, 0.1) is 11.7 Å². The molecule has 15 heavy (non-hydrogen) atoms. The molecule has 1 N–H and O–H groups in total. The van der Waals surface area contributed by atoms with E-state index < -0.39 is 5.82 Å². The lowest BCUT2D eigenvalue weighted by Gasteiger charge is -2.11. The summed E-state index contributed by atoms with van der Waals surface area (Å²) in [6.45, 7) is 0. The maximum absolute atomic E-state index is 13.6. The third kappa shape index (κ3) is 2.33. The van der Waals surface area contributed by atoms with Gasteiger partial charge in [0, 0.05) is 0 Å². The number of hydrogen-bond acceptors (Lipinski definition) is 1. The van der Waals surface area contributed by atoms with Gasteiger partial charge in [-0.05, 0) is 39.9 Å². The van der Waals surface area contributed by atoms with E-state index in [1.807, 2.05) is 0 Å². The predicted octanol–water partition coefficient (Wildman–Crippen LogP) is 4.03. The van der Waals surface area contributed by atoms with E-state index >= 15 is 0 Å². The van der Waals surface area contributed by atoms with Crippen molar-refractivity contribution in [3.8, 4) is 5.75 Å². The molecule has 1 aromatic carbocycles. The molecule has 0 saturated heterocycles. The molecule has 0 heterocycles. The van der Waals surface area contributed by atoms with Gasteiger partial charge >= 0.3 is 0 Å². The second kappa shape index (κ2) is 4.52. The van der Waals surface area contributed by atoms with Gasteiger partial charge in [-0.2, -0.15) is 0 Å². The van der Waals surface area contributed by atoms with E-state index in [0.29, 0.717) is 16.0 Å². The fourth-order valence-corrected chi connectivity index (χ4v) is 2.57. The van der Waals surface area contributed by atoms with Gasteiger partial charge in [0.2, 0.25) is 0 Å². The Labute approximate surface area is 97.4 Å². The summed E-state index contributed by atoms with van der Waals surface area (Å²) in [6, 6.07) is 3.47. The normalized spacial score (nSPS) is 17.2. The zero-order valence-electron chi connectivity index (χ0n) is 8.47. The van der Waals surface area contributed by atoms with E-state index in [4.69, 9.17) is 0 Å². The number of hydrogen-bond donors (Lipinski definition) is 1. The average Bonchev–Trinajstić information content (AvgIpc) is 2.72. The third-order valence-electron chi connectivity index (χ3n) is 3.13. The molecule has 1 aliphatic rings. The molecule has 0 bridgehead atoms. The molecule has 1 aliphatic carbocycles. The van der Waals surface area contributed by atoms with Gasteiger partial charge in [-0.15, -0.1) is 0 Å². The zero-order valence-corrected chi connectivity index (χ0v) is 10.1. The summed E-state index contributed by atoms with van der Waals surface area (Å²) in [4.78, 5) is 0. The molecular formula is C12H14BrFO. The van der Waals surface area contributed by atoms with Crippen LogP contribution in [-0.4, -0.2) is 5.11 Å². The van der Waals surface area contributed by atoms with Crippen molar-refractivity contribution in [2.24, 2.45) is 5.92 Å². The van der Waals surface area contributed by atoms with Crippen molar-refractivity contribution in [2.45, 2.75) is 32.1 Å². The van der Waals surface area contributed by atoms with Crippen LogP contribution < -0.4 is 0 Å². The van der Waals surface area contributed by atoms with E-state index in [1.54, 1.807) is 12.1 Å². The first-order chi connectivity index (χ1) is 7.18. The summed E-state index contributed by atoms with van der Waals surface area (Å²) in [6.07, 6.45) is 5.66. The predicted molar refractivity (Wildman–Crippen MR) is 61.4 cm³/mol. The van der Waals surface area contributed by atoms with Crippen molar-refractivity contribution < 1.29 is 9.50 Å². The standard InChI is InChI=1S/C12H14BrFO/c13-10-6-5-9(11(14)12(10)15)7-8-3-1-2-4-8/h5-6,8,15H,1-4,7H2. The van der Waals surface area contributed by atoms with Gasteiger partial charge in [-0.25, -0.2) is 4.39 Å². The Kier molecular flexibility index (Phi) is 3.29. The Bertz CT molecular complexity index is 359. The minimum absolute atomic E-state index is 0.259. The molecule has 82 valence electrons. The van der Waals surface area contributed by atoms with Gasteiger partial charge in [0.25, 0.3) is 0 Å². The molecule has 0 amide bonds. The second-order valence-corrected chi connectivity index (χ2v) is 5.08. The van der Waals surface area contributed by atoms with Gasteiger partial charge < -0.3 is 5.11 Å². The molecule has 0 radical (unpaired) electrons. The van der Waals surface area contributed by atoms with Crippen LogP contribution in [0.1, 0.15) is 31.2 Å². The van der Waals surface area contributed by atoms with Crippen LogP contribution in [0.5, 0.6) is 5.75 Å². The van der Waals surface area contributed by atoms with Crippen molar-refractivity contribution in [1.29, 1.82) is 0 Å². The maximum atomic E-state index is 13.6. The van der Waals surface area contributed by atoms with Crippen molar-refractivity contribution in [3.63, 3.8) is 0 Å². The summed E-state index contributed by atoms with van der Waals surface area (Å²) in [5, 5.41) is 9.44. The molecule has 1 saturated carbocycles. The molecule has 2 rings (SSSR count). The lowest BCUT2D eigenvalue weighted by Crippen LogP contribution is -2.01. The smallest absolute Gasteiger partial charge is 0.169 e. The fourth-order valence-electron chi connectivity index (χ4n) is 2.27. The minimum atomic E-state index is -0.462. The monoisotopic (exact) mass is 272 g/mol. The van der Waals surface area contributed by atoms with Gasteiger partial charge in [0.1, 0.15) is 0 Å². The highest BCUT2D eigenvalue weighted by molar-refractivity contribution is 9.10. The summed E-state index contributed by atoms with van der Waals surface area (Å²) < 4.78 is 14.1. The lowest BCUT2D eigenvalue weighted by molar-refractivity contribution is 0.420. The summed E-state index contributed by atoms with van der Waals surface area (Å²) in [5.41, 5.74) is 0.641. The fraction of sp³-hybridized carbons (Fsp3) is 0.500. The number of aromatic hydroxyl groups is 1. The van der Waals surface area contributed by atoms with Crippen LogP contribution in [0.3, 0.4) is 0 Å². The highest BCUT2D eigenvalue weighted by atomic mass is 79.9. The topological polar surface area (TPSA) is 20.2 Å². The molecule has 0 unspecified atom stereocenters. The highest BCUT2D eigenvalue weighted by Gasteiger charge is 2.19. The van der Waals surface area contributed by atoms with Crippen LogP contribution >= 0.6 is 15.9 Å². The van der Waals surface area contributed by atoms with Crippen LogP contribution in [0.2, 0.25) is 0 Å². The Morgan fingerprint density at radius 3 is 2.67 bits per heavy atom. The first-order valence-corrected chi connectivity index (χ1v) is 6.13. The van der Waals surface area contributed by atoms with Gasteiger partial charge in [-0.1, -0.05) is 31.7 Å². The Morgan fingerprint density at radius 2 is 2.00 bits per heavy atom. The lowest BCUT2D eigenvalue weighted by atomic mass is 9.97. The Hall–Kier alpha value is -0.570. The van der Waals surface area contributed by atoms with Crippen molar-refractivity contribution in [1.82, 2.24) is 0 Å². The molecule has 1 nitrogen and oxygen atoms in total. The molecule has 1 aromatic rings. The van der Waals surface area contributed by atoms with Crippen molar-refractivity contribution in [2.75, 3.05) is 0 Å². The van der Waals surface area contributed by atoms with Gasteiger partial charge in [-0.3, -0.25) is 0 Å². The van der Waals surface area contributed by atoms with Crippen LogP contribution in [-0.2, 0) is 6.42 Å². The van der Waals surface area contributed by atoms with Crippen LogP contribution in [0.15, 0.2) is 16.6 Å². The number of halogens is 2. The molecule has 1 fully saturated rings. The average molecular weight is 273 g/mol. The first-order valence-electron chi connectivity index (χ1n) is 5.34. The Balaban J connectivity index is 2.17. The van der Waals surface area contributed by atoms with Crippen molar-refractivity contribution in [3.05, 3.63) is 28.0 Å².